The van der Waals surface area contributed by atoms with Crippen LogP contribution < -0.4 is 43.0 Å². The van der Waals surface area contributed by atoms with Crippen LogP contribution in [0.25, 0.3) is 76.9 Å². The number of hydrogen-bond donors (Lipinski definition) is 25. The van der Waals surface area contributed by atoms with Crippen LogP contribution >= 0.6 is 0 Å². The van der Waals surface area contributed by atoms with Crippen molar-refractivity contribution in [2.75, 3.05) is 46.8 Å². The van der Waals surface area contributed by atoms with Gasteiger partial charge in [0.25, 0.3) is 11.8 Å². The zero-order valence-electron chi connectivity index (χ0n) is 78.7. The average Bonchev–Trinajstić information content (AvgIpc) is 1.61. The Balaban J connectivity index is 0.000000185. The SMILES string of the molecule is CC(C)(C)OC(=O)N[C@@H](Cc1c[nH]c2ccc(O)cc12)C(=O)NC(CO)CO.CC(C)(C)OC(=O)N[C@@H](Cc1c[nH]c2ccc(O)cc12)C(=O)O.COC(=O)[C@H](Cc1c[nH]c2ccc(O)cc12)NC(=O)OC(C)(C)C.O=C(N[C@@H](Cc1c[nH]c2ccc(O)cc12)C(=O)NC(CO)CO)c1ccc2c(c1)nc(-c1ccoc1)n2C1CCCCC1.[NH3+][C@@H](Cc1c[nH]c2ccc(O)cc12)C(=O)NC(CO)CO. The van der Waals surface area contributed by atoms with Gasteiger partial charge in [-0.3, -0.25) is 19.2 Å². The van der Waals surface area contributed by atoms with Crippen LogP contribution in [0.1, 0.15) is 139 Å². The van der Waals surface area contributed by atoms with E-state index in [4.69, 9.17) is 38.6 Å². The summed E-state index contributed by atoms with van der Waals surface area (Å²) in [5, 5.41) is 135. The number of aliphatic hydroxyl groups is 6. The fourth-order valence-electron chi connectivity index (χ4n) is 15.4. The number of nitrogens with one attached hydrogen (secondary N) is 12. The van der Waals surface area contributed by atoms with Crippen molar-refractivity contribution in [2.24, 2.45) is 0 Å². The van der Waals surface area contributed by atoms with Crippen molar-refractivity contribution in [1.29, 1.82) is 0 Å². The monoisotopic (exact) mass is 1930 g/mol. The number of carboxylic acids is 1. The highest BCUT2D eigenvalue weighted by atomic mass is 16.6. The fraction of sp³-hybridized carbons (Fsp3) is 0.388. The van der Waals surface area contributed by atoms with Crippen molar-refractivity contribution in [3.05, 3.63) is 192 Å². The van der Waals surface area contributed by atoms with Crippen molar-refractivity contribution in [2.45, 2.75) is 198 Å². The van der Waals surface area contributed by atoms with Crippen LogP contribution in [-0.2, 0) is 75.0 Å². The molecule has 0 aliphatic heterocycles. The number of carboxylic acid groups (broad SMARTS) is 1. The van der Waals surface area contributed by atoms with E-state index in [1.165, 1.54) is 19.6 Å². The number of alkyl carbamates (subject to hydrolysis) is 3. The molecule has 0 bridgehead atoms. The minimum atomic E-state index is -1.16. The van der Waals surface area contributed by atoms with Crippen LogP contribution in [0.2, 0.25) is 0 Å². The molecule has 41 heteroatoms. The third-order valence-corrected chi connectivity index (χ3v) is 22.1. The summed E-state index contributed by atoms with van der Waals surface area (Å²) in [6.07, 6.45) is 16.2. The molecule has 7 heterocycles. The number of phenolic OH excluding ortho intramolecular Hbond substituents is 5. The molecule has 1 fully saturated rings. The second kappa shape index (κ2) is 48.2. The molecule has 0 saturated heterocycles. The second-order valence-corrected chi connectivity index (χ2v) is 36.4. The normalized spacial score (nSPS) is 13.4. The van der Waals surface area contributed by atoms with Gasteiger partial charge in [-0.2, -0.15) is 0 Å². The molecule has 13 aromatic rings. The summed E-state index contributed by atoms with van der Waals surface area (Å²) >= 11 is 0. The number of methoxy groups -OCH3 is 1. The highest BCUT2D eigenvalue weighted by Crippen LogP contribution is 2.38. The molecule has 7 amide bonds. The number of hydrogen-bond acceptors (Lipinski definition) is 26. The maximum Gasteiger partial charge on any atom is 0.408 e. The number of rotatable bonds is 31. The standard InChI is InChI=1S/C32H35N5O6.C19H27N3O6.C17H22N2O5.C16H20N2O5.C14H19N3O4/c38-16-22(17-39)34-32(42)28(13-21-15-33-26-8-7-24(40)14-25(21)26)36-31(41)19-6-9-29-27(12-19)35-30(20-10-11-43-18-20)37(29)23-4-2-1-3-5-23;1-19(2,3)28-18(27)22-16(17(26)21-12(9-23)10-24)6-11-8-20-15-5-4-13(25)7-14(11)15;1-17(2,3)24-16(22)19-14(15(21)23-4)7-10-9-18-13-6-5-11(20)8-12(10)13;1-16(2,3)23-15(22)18-13(14(20)21)6-9-8-17-12-5-4-10(19)7-11(9)12;15-12(14(21)17-9(6-18)7-19)3-8-5-16-13-2-1-10(20)4-11(8)13/h6-12,14-15,18,22-23,28,33,38-40H,1-5,13,16-17H2,(H,34,42)(H,36,41);4-5,7-8,12,16,20,23-25H,6,9-10H2,1-3H3,(H,21,26)(H,22,27);5-6,8-9,14,18,20H,7H2,1-4H3,(H,19,22);4-5,7-8,13,17,19H,6H2,1-3H3,(H,18,22)(H,20,21);1-2,4-5,9,12,16,18-20H,3,6-7,15H2,(H,17,21)/p+1/t28-;16-;14-;13-;12-/m00000/s1. The largest absolute Gasteiger partial charge is 0.508 e. The number of fused-ring (bicyclic) bond motifs is 6. The molecule has 1 saturated carbocycles. The quantitative estimate of drug-likeness (QED) is 0.0145. The molecule has 0 spiro atoms. The predicted octanol–water partition coefficient (Wildman–Crippen LogP) is 7.95. The van der Waals surface area contributed by atoms with E-state index in [1.807, 2.05) is 12.1 Å². The van der Waals surface area contributed by atoms with E-state index in [0.29, 0.717) is 51.0 Å². The first kappa shape index (κ1) is 106. The Morgan fingerprint density at radius 1 is 0.432 bits per heavy atom. The molecule has 6 aromatic carbocycles. The predicted molar refractivity (Wildman–Crippen MR) is 513 cm³/mol. The van der Waals surface area contributed by atoms with Gasteiger partial charge >= 0.3 is 30.2 Å². The third kappa shape index (κ3) is 30.3. The van der Waals surface area contributed by atoms with Crippen molar-refractivity contribution in [1.82, 2.24) is 71.7 Å². The molecular formula is C98H124N15O26+. The summed E-state index contributed by atoms with van der Waals surface area (Å²) in [5.41, 5.74) is 12.3. The molecule has 746 valence electrons. The molecule has 7 aromatic heterocycles. The summed E-state index contributed by atoms with van der Waals surface area (Å²) in [5.74, 6) is -2.34. The van der Waals surface area contributed by atoms with Gasteiger partial charge in [-0.25, -0.2) is 29.0 Å². The van der Waals surface area contributed by atoms with Gasteiger partial charge < -0.3 is 157 Å². The first-order valence-corrected chi connectivity index (χ1v) is 45.0. The zero-order valence-corrected chi connectivity index (χ0v) is 78.7. The molecule has 1 aliphatic carbocycles. The lowest BCUT2D eigenvalue weighted by molar-refractivity contribution is -0.403. The number of quaternary nitrogens is 1. The lowest BCUT2D eigenvalue weighted by Gasteiger charge is -2.25. The molecular weight excluding hydrogens is 1800 g/mol. The number of aromatic nitrogens is 7. The van der Waals surface area contributed by atoms with E-state index >= 15 is 0 Å². The smallest absolute Gasteiger partial charge is 0.408 e. The van der Waals surface area contributed by atoms with Gasteiger partial charge in [0.05, 0.1) is 87.7 Å². The number of ether oxygens (including phenoxy) is 4. The average molecular weight is 1930 g/mol. The maximum atomic E-state index is 13.6. The molecule has 0 radical (unpaired) electrons. The molecule has 27 N–H and O–H groups in total. The number of aliphatic hydroxyl groups excluding tert-OH is 6. The van der Waals surface area contributed by atoms with Crippen molar-refractivity contribution in [3.63, 3.8) is 0 Å². The number of aliphatic carboxylic acids is 1. The van der Waals surface area contributed by atoms with Gasteiger partial charge in [-0.05, 0) is 218 Å². The van der Waals surface area contributed by atoms with E-state index in [0.717, 1.165) is 97.5 Å². The molecule has 139 heavy (non-hydrogen) atoms. The van der Waals surface area contributed by atoms with Gasteiger partial charge in [0.1, 0.15) is 81.8 Å². The van der Waals surface area contributed by atoms with Crippen LogP contribution in [0.3, 0.4) is 0 Å². The van der Waals surface area contributed by atoms with Crippen molar-refractivity contribution in [3.8, 4) is 40.1 Å². The van der Waals surface area contributed by atoms with E-state index < -0.39 is 140 Å². The number of H-pyrrole nitrogens is 5. The number of imidazole rings is 1. The lowest BCUT2D eigenvalue weighted by atomic mass is 9.95. The molecule has 5 atom stereocenters. The molecule has 41 nitrogen and oxygen atoms in total. The Bertz CT molecular complexity index is 6350. The van der Waals surface area contributed by atoms with Crippen LogP contribution in [0, 0.1) is 0 Å². The first-order chi connectivity index (χ1) is 66.0. The number of aromatic amines is 5. The number of benzene rings is 6. The summed E-state index contributed by atoms with van der Waals surface area (Å²) in [7, 11) is 1.26. The van der Waals surface area contributed by atoms with Crippen molar-refractivity contribution >= 4 is 119 Å². The Hall–Kier alpha value is -14.9. The van der Waals surface area contributed by atoms with E-state index in [9.17, 15) is 94.2 Å². The number of phenols is 5. The van der Waals surface area contributed by atoms with Crippen LogP contribution in [0.15, 0.2) is 163 Å². The molecule has 0 unspecified atom stereocenters. The highest BCUT2D eigenvalue weighted by molar-refractivity contribution is 6.01. The number of carbonyl (C=O) groups is 9. The van der Waals surface area contributed by atoms with Gasteiger partial charge in [-0.15, -0.1) is 0 Å². The first-order valence-electron chi connectivity index (χ1n) is 45.0. The number of esters is 1. The Morgan fingerprint density at radius 3 is 1.12 bits per heavy atom. The molecule has 14 rings (SSSR count). The summed E-state index contributed by atoms with van der Waals surface area (Å²) < 4.78 is 27.9. The Labute approximate surface area is 797 Å². The number of carbonyl (C=O) groups excluding carboxylic acids is 8. The van der Waals surface area contributed by atoms with Gasteiger partial charge in [-0.1, -0.05) is 19.3 Å². The summed E-state index contributed by atoms with van der Waals surface area (Å²) in [6, 6.07) is 24.9. The number of aromatic hydroxyl groups is 5. The van der Waals surface area contributed by atoms with Gasteiger partial charge in [0, 0.05) is 129 Å². The van der Waals surface area contributed by atoms with E-state index in [2.05, 4.69) is 72.4 Å². The number of amides is 7. The second-order valence-electron chi connectivity index (χ2n) is 36.4. The topological polar surface area (TPSA) is 655 Å². The summed E-state index contributed by atoms with van der Waals surface area (Å²) in [4.78, 5) is 131. The van der Waals surface area contributed by atoms with E-state index in [-0.39, 0.29) is 73.6 Å². The minimum Gasteiger partial charge on any atom is -0.508 e. The summed E-state index contributed by atoms with van der Waals surface area (Å²) in [6.45, 7) is 13.0. The van der Waals surface area contributed by atoms with E-state index in [1.54, 1.807) is 203 Å². The van der Waals surface area contributed by atoms with Crippen LogP contribution in [0.5, 0.6) is 28.7 Å². The Morgan fingerprint density at radius 2 is 0.770 bits per heavy atom. The van der Waals surface area contributed by atoms with Gasteiger partial charge in [0.15, 0.2) is 6.04 Å². The Kier molecular flexibility index (Phi) is 36.8. The third-order valence-electron chi connectivity index (χ3n) is 22.1. The zero-order chi connectivity index (χ0) is 101. The maximum absolute atomic E-state index is 13.6. The fourth-order valence-corrected chi connectivity index (χ4v) is 15.4. The highest BCUT2D eigenvalue weighted by Gasteiger charge is 2.34. The van der Waals surface area contributed by atoms with Crippen LogP contribution in [0.4, 0.5) is 14.4 Å². The molecule has 1 aliphatic rings. The number of furan rings is 1. The lowest BCUT2D eigenvalue weighted by Crippen LogP contribution is -2.69. The number of nitrogens with zero attached hydrogens (tertiary/aromatic N) is 2. The minimum absolute atomic E-state index is 0.0675. The van der Waals surface area contributed by atoms with Crippen LogP contribution in [-0.4, -0.2) is 261 Å². The van der Waals surface area contributed by atoms with Gasteiger partial charge in [0.2, 0.25) is 11.8 Å². The van der Waals surface area contributed by atoms with Crippen molar-refractivity contribution < 1.29 is 134 Å².